The summed E-state index contributed by atoms with van der Waals surface area (Å²) in [5.74, 6) is 0.977. The average Bonchev–Trinajstić information content (AvgIpc) is 3.39. The smallest absolute Gasteiger partial charge is 0.140 e. The van der Waals surface area contributed by atoms with Gasteiger partial charge in [0.25, 0.3) is 0 Å². The molecule has 0 spiro atoms. The van der Waals surface area contributed by atoms with Gasteiger partial charge in [-0.3, -0.25) is 0 Å². The molecule has 1 aliphatic rings. The predicted octanol–water partition coefficient (Wildman–Crippen LogP) is 3.08. The van der Waals surface area contributed by atoms with Crippen LogP contribution in [-0.2, 0) is 11.3 Å². The van der Waals surface area contributed by atoms with Gasteiger partial charge >= 0.3 is 0 Å². The summed E-state index contributed by atoms with van der Waals surface area (Å²) in [7, 11) is 0. The van der Waals surface area contributed by atoms with E-state index in [1.165, 1.54) is 11.3 Å². The van der Waals surface area contributed by atoms with Crippen LogP contribution < -0.4 is 4.90 Å². The van der Waals surface area contributed by atoms with Crippen LogP contribution in [0.3, 0.4) is 0 Å². The van der Waals surface area contributed by atoms with Crippen LogP contribution in [0.25, 0.3) is 16.9 Å². The fourth-order valence-electron chi connectivity index (χ4n) is 3.67. The highest BCUT2D eigenvalue weighted by Crippen LogP contribution is 2.24. The van der Waals surface area contributed by atoms with Gasteiger partial charge in [0.1, 0.15) is 5.82 Å². The Hall–Kier alpha value is -3.12. The van der Waals surface area contributed by atoms with E-state index in [9.17, 15) is 0 Å². The normalized spacial score (nSPS) is 14.7. The minimum Gasteiger partial charge on any atom is -0.378 e. The molecular formula is C21H21N5O. The molecule has 1 saturated heterocycles. The van der Waals surface area contributed by atoms with Gasteiger partial charge in [-0.05, 0) is 42.0 Å². The van der Waals surface area contributed by atoms with Crippen molar-refractivity contribution in [1.29, 1.82) is 0 Å². The molecule has 1 aromatic carbocycles. The predicted molar refractivity (Wildman–Crippen MR) is 105 cm³/mol. The molecule has 0 aliphatic carbocycles. The minimum absolute atomic E-state index is 0.760. The zero-order chi connectivity index (χ0) is 18.1. The Bertz CT molecular complexity index is 1040. The largest absolute Gasteiger partial charge is 0.378 e. The van der Waals surface area contributed by atoms with E-state index >= 15 is 0 Å². The van der Waals surface area contributed by atoms with E-state index in [0.717, 1.165) is 49.8 Å². The minimum atomic E-state index is 0.760. The highest BCUT2D eigenvalue weighted by atomic mass is 16.5. The van der Waals surface area contributed by atoms with E-state index in [1.807, 2.05) is 41.4 Å². The number of aromatic nitrogens is 4. The van der Waals surface area contributed by atoms with E-state index in [4.69, 9.17) is 4.74 Å². The van der Waals surface area contributed by atoms with E-state index in [1.54, 1.807) is 0 Å². The van der Waals surface area contributed by atoms with Crippen molar-refractivity contribution in [1.82, 2.24) is 19.2 Å². The van der Waals surface area contributed by atoms with Crippen molar-refractivity contribution >= 4 is 11.2 Å². The lowest BCUT2D eigenvalue weighted by molar-refractivity contribution is 0.122. The maximum Gasteiger partial charge on any atom is 0.140 e. The second-order valence-corrected chi connectivity index (χ2v) is 6.72. The molecule has 0 amide bonds. The number of nitrogens with zero attached hydrogens (tertiary/aromatic N) is 5. The van der Waals surface area contributed by atoms with Crippen molar-refractivity contribution in [3.63, 3.8) is 0 Å². The molecule has 0 saturated carbocycles. The number of morpholine rings is 1. The molecule has 3 aromatic heterocycles. The van der Waals surface area contributed by atoms with Gasteiger partial charge in [-0.1, -0.05) is 6.07 Å². The van der Waals surface area contributed by atoms with Gasteiger partial charge in [-0.25, -0.2) is 9.50 Å². The molecule has 1 aliphatic heterocycles. The van der Waals surface area contributed by atoms with Gasteiger partial charge < -0.3 is 14.2 Å². The number of hydrogen-bond donors (Lipinski definition) is 0. The first-order chi connectivity index (χ1) is 13.4. The van der Waals surface area contributed by atoms with Gasteiger partial charge in [0.15, 0.2) is 0 Å². The van der Waals surface area contributed by atoms with Gasteiger partial charge in [0.05, 0.1) is 25.3 Å². The zero-order valence-corrected chi connectivity index (χ0v) is 15.0. The fraction of sp³-hybridized carbons (Fsp3) is 0.238. The van der Waals surface area contributed by atoms with Crippen LogP contribution in [0.1, 0.15) is 5.56 Å². The molecule has 0 atom stereocenters. The summed E-state index contributed by atoms with van der Waals surface area (Å²) in [5.41, 5.74) is 4.71. The van der Waals surface area contributed by atoms with E-state index in [2.05, 4.69) is 49.9 Å². The number of pyridine rings is 1. The molecule has 0 unspecified atom stereocenters. The van der Waals surface area contributed by atoms with E-state index in [0.29, 0.717) is 0 Å². The number of anilines is 1. The molecule has 5 rings (SSSR count). The van der Waals surface area contributed by atoms with Crippen LogP contribution in [0.15, 0.2) is 67.3 Å². The first-order valence-electron chi connectivity index (χ1n) is 9.24. The lowest BCUT2D eigenvalue weighted by Crippen LogP contribution is -2.36. The molecule has 4 aromatic rings. The summed E-state index contributed by atoms with van der Waals surface area (Å²) >= 11 is 0. The van der Waals surface area contributed by atoms with Crippen molar-refractivity contribution in [3.8, 4) is 11.4 Å². The molecule has 0 N–H and O–H groups in total. The first-order valence-corrected chi connectivity index (χ1v) is 9.24. The molecule has 0 bridgehead atoms. The quantitative estimate of drug-likeness (QED) is 0.562. The van der Waals surface area contributed by atoms with Crippen LogP contribution in [0.5, 0.6) is 0 Å². The third-order valence-electron chi connectivity index (χ3n) is 5.08. The van der Waals surface area contributed by atoms with Gasteiger partial charge in [-0.2, -0.15) is 5.10 Å². The summed E-state index contributed by atoms with van der Waals surface area (Å²) < 4.78 is 9.53. The van der Waals surface area contributed by atoms with Gasteiger partial charge in [-0.15, -0.1) is 0 Å². The Kier molecular flexibility index (Phi) is 4.10. The van der Waals surface area contributed by atoms with Crippen molar-refractivity contribution < 1.29 is 4.74 Å². The van der Waals surface area contributed by atoms with Crippen LogP contribution in [0, 0.1) is 0 Å². The fourth-order valence-corrected chi connectivity index (χ4v) is 3.67. The third kappa shape index (κ3) is 3.08. The number of benzene rings is 1. The SMILES string of the molecule is c1cc(Cn2ccnc2-c2ccc(N3CCOCC3)cc2)c2ccnn2c1. The molecule has 0 radical (unpaired) electrons. The van der Waals surface area contributed by atoms with Crippen LogP contribution >= 0.6 is 0 Å². The second-order valence-electron chi connectivity index (χ2n) is 6.72. The third-order valence-corrected chi connectivity index (χ3v) is 5.08. The Morgan fingerprint density at radius 3 is 2.63 bits per heavy atom. The highest BCUT2D eigenvalue weighted by molar-refractivity contribution is 5.62. The highest BCUT2D eigenvalue weighted by Gasteiger charge is 2.13. The number of rotatable bonds is 4. The Balaban J connectivity index is 1.42. The van der Waals surface area contributed by atoms with Crippen LogP contribution in [0.2, 0.25) is 0 Å². The van der Waals surface area contributed by atoms with Crippen molar-refractivity contribution in [2.24, 2.45) is 0 Å². The summed E-state index contributed by atoms with van der Waals surface area (Å²) in [6, 6.07) is 14.9. The Labute approximate surface area is 157 Å². The number of hydrogen-bond acceptors (Lipinski definition) is 4. The molecule has 27 heavy (non-hydrogen) atoms. The summed E-state index contributed by atoms with van der Waals surface area (Å²) in [6.07, 6.45) is 7.70. The van der Waals surface area contributed by atoms with Crippen molar-refractivity contribution in [2.45, 2.75) is 6.54 Å². The number of ether oxygens (including phenoxy) is 1. The molecule has 6 nitrogen and oxygen atoms in total. The molecule has 136 valence electrons. The van der Waals surface area contributed by atoms with Gasteiger partial charge in [0.2, 0.25) is 0 Å². The van der Waals surface area contributed by atoms with Crippen molar-refractivity contribution in [3.05, 3.63) is 72.8 Å². The average molecular weight is 359 g/mol. The summed E-state index contributed by atoms with van der Waals surface area (Å²) in [4.78, 5) is 6.96. The summed E-state index contributed by atoms with van der Waals surface area (Å²) in [6.45, 7) is 4.25. The monoisotopic (exact) mass is 359 g/mol. The lowest BCUT2D eigenvalue weighted by Gasteiger charge is -2.28. The topological polar surface area (TPSA) is 47.6 Å². The lowest BCUT2D eigenvalue weighted by atomic mass is 10.1. The Morgan fingerprint density at radius 2 is 1.78 bits per heavy atom. The molecule has 6 heteroatoms. The maximum atomic E-state index is 5.44. The number of imidazole rings is 1. The molecular weight excluding hydrogens is 338 g/mol. The van der Waals surface area contributed by atoms with Crippen LogP contribution in [-0.4, -0.2) is 45.5 Å². The van der Waals surface area contributed by atoms with E-state index < -0.39 is 0 Å². The van der Waals surface area contributed by atoms with Crippen LogP contribution in [0.4, 0.5) is 5.69 Å². The van der Waals surface area contributed by atoms with Gasteiger partial charge in [0, 0.05) is 49.1 Å². The zero-order valence-electron chi connectivity index (χ0n) is 15.0. The standard InChI is InChI=1S/C21H21N5O/c1-2-18(20-7-8-23-26(20)10-1)16-25-11-9-22-21(25)17-3-5-19(6-4-17)24-12-14-27-15-13-24/h1-11H,12-16H2. The summed E-state index contributed by atoms with van der Waals surface area (Å²) in [5, 5.41) is 4.32. The molecule has 4 heterocycles. The van der Waals surface area contributed by atoms with Crippen molar-refractivity contribution in [2.75, 3.05) is 31.2 Å². The van der Waals surface area contributed by atoms with E-state index in [-0.39, 0.29) is 0 Å². The number of fused-ring (bicyclic) bond motifs is 1. The first kappa shape index (κ1) is 16.1. The maximum absolute atomic E-state index is 5.44. The Morgan fingerprint density at radius 1 is 0.926 bits per heavy atom. The molecule has 1 fully saturated rings. The second kappa shape index (κ2) is 6.89.